The van der Waals surface area contributed by atoms with Gasteiger partial charge in [-0.2, -0.15) is 13.2 Å². The van der Waals surface area contributed by atoms with Crippen LogP contribution in [-0.2, 0) is 16.2 Å². The zero-order chi connectivity index (χ0) is 19.7. The molecule has 0 radical (unpaired) electrons. The summed E-state index contributed by atoms with van der Waals surface area (Å²) in [6, 6.07) is 4.75. The van der Waals surface area contributed by atoms with Crippen molar-refractivity contribution >= 4 is 15.6 Å². The van der Waals surface area contributed by atoms with Crippen molar-refractivity contribution in [2.45, 2.75) is 57.2 Å². The molecular weight excluding hydrogens is 375 g/mol. The van der Waals surface area contributed by atoms with Crippen LogP contribution in [-0.4, -0.2) is 25.0 Å². The summed E-state index contributed by atoms with van der Waals surface area (Å²) in [5.74, 6) is 0. The van der Waals surface area contributed by atoms with E-state index in [1.165, 1.54) is 22.7 Å². The lowest BCUT2D eigenvalue weighted by molar-refractivity contribution is -0.137. The van der Waals surface area contributed by atoms with Gasteiger partial charge in [0.15, 0.2) is 0 Å². The summed E-state index contributed by atoms with van der Waals surface area (Å²) in [4.78, 5) is 0. The van der Waals surface area contributed by atoms with Gasteiger partial charge in [-0.15, -0.1) is 0 Å². The Bertz CT molecular complexity index is 839. The highest BCUT2D eigenvalue weighted by Gasteiger charge is 2.33. The number of sulfonamides is 1. The molecule has 3 nitrogen and oxygen atoms in total. The average Bonchev–Trinajstić information content (AvgIpc) is 2.71. The molecule has 0 saturated heterocycles. The summed E-state index contributed by atoms with van der Waals surface area (Å²) >= 11 is 0. The Labute approximate surface area is 158 Å². The van der Waals surface area contributed by atoms with Crippen LogP contribution in [0.2, 0.25) is 0 Å². The van der Waals surface area contributed by atoms with Crippen molar-refractivity contribution in [2.24, 2.45) is 0 Å². The van der Waals surface area contributed by atoms with Gasteiger partial charge in [0.05, 0.1) is 17.9 Å². The fraction of sp³-hybridized carbons (Fsp3) is 0.500. The number of hydrogen-bond acceptors (Lipinski definition) is 2. The number of alkyl halides is 3. The first-order valence-electron chi connectivity index (χ1n) is 9.22. The molecule has 0 spiro atoms. The van der Waals surface area contributed by atoms with Gasteiger partial charge in [-0.1, -0.05) is 37.5 Å². The van der Waals surface area contributed by atoms with Crippen molar-refractivity contribution in [3.8, 4) is 0 Å². The fourth-order valence-corrected chi connectivity index (χ4v) is 4.83. The molecule has 0 bridgehead atoms. The Kier molecular flexibility index (Phi) is 5.70. The van der Waals surface area contributed by atoms with Crippen molar-refractivity contribution < 1.29 is 21.6 Å². The van der Waals surface area contributed by atoms with E-state index in [9.17, 15) is 21.6 Å². The zero-order valence-electron chi connectivity index (χ0n) is 15.3. The van der Waals surface area contributed by atoms with E-state index in [1.54, 1.807) is 6.20 Å². The lowest BCUT2D eigenvalue weighted by Gasteiger charge is -2.36. The van der Waals surface area contributed by atoms with Crippen LogP contribution >= 0.6 is 0 Å². The second-order valence-corrected chi connectivity index (χ2v) is 9.17. The summed E-state index contributed by atoms with van der Waals surface area (Å²) in [6.45, 7) is 0. The first kappa shape index (κ1) is 20.0. The van der Waals surface area contributed by atoms with Gasteiger partial charge < -0.3 is 0 Å². The van der Waals surface area contributed by atoms with Crippen LogP contribution in [0, 0.1) is 0 Å². The maximum Gasteiger partial charge on any atom is 0.416 e. The molecule has 7 heteroatoms. The molecule has 0 amide bonds. The summed E-state index contributed by atoms with van der Waals surface area (Å²) in [5.41, 5.74) is 1.70. The SMILES string of the molecule is CS(=O)(=O)N1C=C(c2ccc(C(F)(F)F)cc2)C/C2=C/CCCCCC[C@H]21. The van der Waals surface area contributed by atoms with E-state index >= 15 is 0 Å². The minimum atomic E-state index is -4.39. The second kappa shape index (κ2) is 7.70. The molecule has 0 N–H and O–H groups in total. The molecular formula is C20H24F3NO2S. The number of allylic oxidation sites excluding steroid dienone is 2. The van der Waals surface area contributed by atoms with Gasteiger partial charge in [-0.25, -0.2) is 8.42 Å². The predicted octanol–water partition coefficient (Wildman–Crippen LogP) is 5.36. The minimum absolute atomic E-state index is 0.184. The number of hydrogen-bond donors (Lipinski definition) is 0. The lowest BCUT2D eigenvalue weighted by atomic mass is 9.89. The van der Waals surface area contributed by atoms with Gasteiger partial charge in [0.25, 0.3) is 0 Å². The molecule has 0 unspecified atom stereocenters. The quantitative estimate of drug-likeness (QED) is 0.628. The fourth-order valence-electron chi connectivity index (χ4n) is 3.81. The number of benzene rings is 1. The van der Waals surface area contributed by atoms with Crippen molar-refractivity contribution in [3.05, 3.63) is 53.2 Å². The molecule has 148 valence electrons. The predicted molar refractivity (Wildman–Crippen MR) is 100 cm³/mol. The Hall–Kier alpha value is -1.76. The summed E-state index contributed by atoms with van der Waals surface area (Å²) in [5, 5.41) is 0. The van der Waals surface area contributed by atoms with Crippen LogP contribution in [0.5, 0.6) is 0 Å². The van der Waals surface area contributed by atoms with E-state index in [-0.39, 0.29) is 6.04 Å². The third kappa shape index (κ3) is 4.75. The molecule has 0 fully saturated rings. The van der Waals surface area contributed by atoms with Crippen LogP contribution in [0.4, 0.5) is 13.2 Å². The molecule has 3 rings (SSSR count). The lowest BCUT2D eigenvalue weighted by Crippen LogP contribution is -2.39. The van der Waals surface area contributed by atoms with Crippen LogP contribution < -0.4 is 0 Å². The molecule has 1 atom stereocenters. The first-order valence-corrected chi connectivity index (χ1v) is 11.1. The van der Waals surface area contributed by atoms with Crippen LogP contribution in [0.3, 0.4) is 0 Å². The first-order chi connectivity index (χ1) is 12.7. The number of rotatable bonds is 2. The average molecular weight is 399 g/mol. The molecule has 1 aromatic carbocycles. The molecule has 1 heterocycles. The van der Waals surface area contributed by atoms with Gasteiger partial charge >= 0.3 is 6.18 Å². The van der Waals surface area contributed by atoms with Crippen molar-refractivity contribution in [1.29, 1.82) is 0 Å². The molecule has 0 aromatic heterocycles. The van der Waals surface area contributed by atoms with Crippen molar-refractivity contribution in [3.63, 3.8) is 0 Å². The van der Waals surface area contributed by atoms with Gasteiger partial charge in [0.2, 0.25) is 10.0 Å². The van der Waals surface area contributed by atoms with E-state index in [0.29, 0.717) is 12.0 Å². The van der Waals surface area contributed by atoms with Crippen molar-refractivity contribution in [2.75, 3.05) is 6.26 Å². The third-order valence-corrected chi connectivity index (χ3v) is 6.34. The van der Waals surface area contributed by atoms with E-state index < -0.39 is 21.8 Å². The normalized spacial score (nSPS) is 24.0. The third-order valence-electron chi connectivity index (χ3n) is 5.22. The van der Waals surface area contributed by atoms with Crippen LogP contribution in [0.1, 0.15) is 56.1 Å². The maximum absolute atomic E-state index is 12.8. The van der Waals surface area contributed by atoms with E-state index in [4.69, 9.17) is 0 Å². The number of halogens is 3. The molecule has 1 aliphatic heterocycles. The van der Waals surface area contributed by atoms with Gasteiger partial charge in [0, 0.05) is 6.20 Å². The summed E-state index contributed by atoms with van der Waals surface area (Å²) in [7, 11) is -3.47. The molecule has 0 saturated carbocycles. The van der Waals surface area contributed by atoms with Gasteiger partial charge in [-0.3, -0.25) is 4.31 Å². The van der Waals surface area contributed by atoms with E-state index in [0.717, 1.165) is 61.8 Å². The number of nitrogens with zero attached hydrogens (tertiary/aromatic N) is 1. The van der Waals surface area contributed by atoms with Crippen LogP contribution in [0.25, 0.3) is 5.57 Å². The standard InChI is InChI=1S/C20H24F3NO2S/c1-27(25,26)24-14-17(15-9-11-18(12-10-15)20(21,22)23)13-16-7-5-3-2-4-6-8-19(16)24/h7,9-12,14,19H,2-6,8,13H2,1H3/b16-7-/t19-/m1/s1. The second-order valence-electron chi connectivity index (χ2n) is 7.29. The van der Waals surface area contributed by atoms with E-state index in [2.05, 4.69) is 6.08 Å². The largest absolute Gasteiger partial charge is 0.416 e. The maximum atomic E-state index is 12.8. The van der Waals surface area contributed by atoms with Crippen molar-refractivity contribution in [1.82, 2.24) is 4.31 Å². The Balaban J connectivity index is 2.00. The monoisotopic (exact) mass is 399 g/mol. The Morgan fingerprint density at radius 2 is 1.70 bits per heavy atom. The Morgan fingerprint density at radius 1 is 1.04 bits per heavy atom. The highest BCUT2D eigenvalue weighted by molar-refractivity contribution is 7.88. The Morgan fingerprint density at radius 3 is 2.33 bits per heavy atom. The summed E-state index contributed by atoms with van der Waals surface area (Å²) in [6.07, 6.45) is 7.06. The molecule has 1 aliphatic carbocycles. The molecule has 27 heavy (non-hydrogen) atoms. The smallest absolute Gasteiger partial charge is 0.270 e. The minimum Gasteiger partial charge on any atom is -0.270 e. The van der Waals surface area contributed by atoms with Gasteiger partial charge in [0.1, 0.15) is 0 Å². The molecule has 1 aromatic rings. The highest BCUT2D eigenvalue weighted by Crippen LogP contribution is 2.38. The highest BCUT2D eigenvalue weighted by atomic mass is 32.2. The number of fused-ring (bicyclic) bond motifs is 1. The van der Waals surface area contributed by atoms with Gasteiger partial charge in [-0.05, 0) is 54.5 Å². The zero-order valence-corrected chi connectivity index (χ0v) is 16.1. The van der Waals surface area contributed by atoms with Crippen LogP contribution in [0.15, 0.2) is 42.1 Å². The topological polar surface area (TPSA) is 37.4 Å². The van der Waals surface area contributed by atoms with E-state index in [1.807, 2.05) is 0 Å². The molecule has 2 aliphatic rings. The summed E-state index contributed by atoms with van der Waals surface area (Å²) < 4.78 is 64.6.